The number of sulfone groups is 1. The first-order valence-electron chi connectivity index (χ1n) is 7.04. The molecule has 1 atom stereocenters. The predicted octanol–water partition coefficient (Wildman–Crippen LogP) is 4.88. The van der Waals surface area contributed by atoms with Crippen molar-refractivity contribution in [2.24, 2.45) is 0 Å². The molecule has 0 radical (unpaired) electrons. The average Bonchev–Trinajstić information content (AvgIpc) is 2.94. The first-order valence-corrected chi connectivity index (χ1v) is 10.5. The Morgan fingerprint density at radius 2 is 1.90 bits per heavy atom. The predicted molar refractivity (Wildman–Crippen MR) is 90.1 cm³/mol. The SMILES string of the molecule is CC(C)c1ccc(S[C@H]2CCS(=O)(=O)c3sccc32)cc1. The van der Waals surface area contributed by atoms with E-state index in [0.29, 0.717) is 16.5 Å². The number of hydrogen-bond acceptors (Lipinski definition) is 4. The molecule has 0 saturated heterocycles. The van der Waals surface area contributed by atoms with Crippen LogP contribution in [0.1, 0.15) is 42.6 Å². The van der Waals surface area contributed by atoms with Crippen molar-refractivity contribution in [1.29, 1.82) is 0 Å². The summed E-state index contributed by atoms with van der Waals surface area (Å²) in [6.07, 6.45) is 0.697. The van der Waals surface area contributed by atoms with Crippen LogP contribution in [-0.4, -0.2) is 14.2 Å². The summed E-state index contributed by atoms with van der Waals surface area (Å²) in [5.74, 6) is 0.801. The summed E-state index contributed by atoms with van der Waals surface area (Å²) in [7, 11) is -3.04. The van der Waals surface area contributed by atoms with Gasteiger partial charge in [0, 0.05) is 10.1 Å². The van der Waals surface area contributed by atoms with Gasteiger partial charge in [0.05, 0.1) is 5.75 Å². The third-order valence-electron chi connectivity index (χ3n) is 3.76. The number of fused-ring (bicyclic) bond motifs is 1. The van der Waals surface area contributed by atoms with Crippen LogP contribution >= 0.6 is 23.1 Å². The molecule has 2 heterocycles. The highest BCUT2D eigenvalue weighted by Crippen LogP contribution is 2.46. The Kier molecular flexibility index (Phi) is 4.17. The van der Waals surface area contributed by atoms with Gasteiger partial charge in [-0.05, 0) is 47.0 Å². The zero-order valence-corrected chi connectivity index (χ0v) is 14.5. The smallest absolute Gasteiger partial charge is 0.188 e. The van der Waals surface area contributed by atoms with Gasteiger partial charge >= 0.3 is 0 Å². The molecule has 1 aromatic heterocycles. The molecule has 0 spiro atoms. The lowest BCUT2D eigenvalue weighted by Gasteiger charge is -2.22. The van der Waals surface area contributed by atoms with Crippen LogP contribution < -0.4 is 0 Å². The summed E-state index contributed by atoms with van der Waals surface area (Å²) in [4.78, 5) is 1.21. The van der Waals surface area contributed by atoms with Crippen LogP contribution in [0, 0.1) is 0 Å². The second-order valence-electron chi connectivity index (χ2n) is 5.60. The van der Waals surface area contributed by atoms with E-state index in [1.165, 1.54) is 21.8 Å². The molecule has 112 valence electrons. The van der Waals surface area contributed by atoms with E-state index in [4.69, 9.17) is 0 Å². The van der Waals surface area contributed by atoms with Crippen molar-refractivity contribution >= 4 is 32.9 Å². The molecule has 1 aliphatic heterocycles. The Hall–Kier alpha value is -0.780. The Morgan fingerprint density at radius 3 is 2.57 bits per heavy atom. The lowest BCUT2D eigenvalue weighted by atomic mass is 10.0. The molecule has 0 N–H and O–H groups in total. The fourth-order valence-corrected chi connectivity index (χ4v) is 6.99. The molecule has 5 heteroatoms. The van der Waals surface area contributed by atoms with Crippen molar-refractivity contribution in [3.05, 3.63) is 46.8 Å². The maximum atomic E-state index is 12.1. The van der Waals surface area contributed by atoms with Crippen molar-refractivity contribution in [3.63, 3.8) is 0 Å². The Morgan fingerprint density at radius 1 is 1.19 bits per heavy atom. The lowest BCUT2D eigenvalue weighted by Crippen LogP contribution is -2.16. The minimum Gasteiger partial charge on any atom is -0.223 e. The van der Waals surface area contributed by atoms with Crippen LogP contribution in [0.2, 0.25) is 0 Å². The van der Waals surface area contributed by atoms with Crippen molar-refractivity contribution in [1.82, 2.24) is 0 Å². The summed E-state index contributed by atoms with van der Waals surface area (Å²) in [6, 6.07) is 10.6. The van der Waals surface area contributed by atoms with Crippen molar-refractivity contribution in [2.75, 3.05) is 5.75 Å². The van der Waals surface area contributed by atoms with Crippen molar-refractivity contribution < 1.29 is 8.42 Å². The van der Waals surface area contributed by atoms with Crippen LogP contribution in [-0.2, 0) is 9.84 Å². The second kappa shape index (κ2) is 5.78. The summed E-state index contributed by atoms with van der Waals surface area (Å²) in [5.41, 5.74) is 2.32. The minimum atomic E-state index is -3.04. The summed E-state index contributed by atoms with van der Waals surface area (Å²) < 4.78 is 24.7. The molecule has 0 bridgehead atoms. The summed E-state index contributed by atoms with van der Waals surface area (Å²) in [5, 5.41) is 2.14. The molecule has 0 unspecified atom stereocenters. The van der Waals surface area contributed by atoms with Gasteiger partial charge in [0.2, 0.25) is 0 Å². The molecule has 0 aliphatic carbocycles. The van der Waals surface area contributed by atoms with Crippen LogP contribution in [0.4, 0.5) is 0 Å². The fraction of sp³-hybridized carbons (Fsp3) is 0.375. The maximum absolute atomic E-state index is 12.1. The first-order chi connectivity index (χ1) is 9.97. The number of thiophene rings is 1. The molecule has 2 aromatic rings. The number of thioether (sulfide) groups is 1. The number of rotatable bonds is 3. The van der Waals surface area contributed by atoms with Crippen LogP contribution in [0.25, 0.3) is 0 Å². The molecule has 1 aromatic carbocycles. The van der Waals surface area contributed by atoms with E-state index in [1.54, 1.807) is 11.8 Å². The third kappa shape index (κ3) is 3.05. The van der Waals surface area contributed by atoms with Gasteiger partial charge in [-0.2, -0.15) is 0 Å². The molecular formula is C16H18O2S3. The highest BCUT2D eigenvalue weighted by molar-refractivity contribution is 8.00. The molecule has 0 saturated carbocycles. The van der Waals surface area contributed by atoms with E-state index in [9.17, 15) is 8.42 Å². The van der Waals surface area contributed by atoms with Gasteiger partial charge in [-0.25, -0.2) is 8.42 Å². The normalized spacial score (nSPS) is 20.4. The molecule has 0 amide bonds. The van der Waals surface area contributed by atoms with Gasteiger partial charge in [0.25, 0.3) is 0 Å². The van der Waals surface area contributed by atoms with Crippen molar-refractivity contribution in [3.8, 4) is 0 Å². The van der Waals surface area contributed by atoms with E-state index >= 15 is 0 Å². The summed E-state index contributed by atoms with van der Waals surface area (Å²) >= 11 is 3.13. The molecule has 3 rings (SSSR count). The Bertz CT molecular complexity index is 727. The molecular weight excluding hydrogens is 320 g/mol. The van der Waals surface area contributed by atoms with E-state index < -0.39 is 9.84 Å². The molecule has 2 nitrogen and oxygen atoms in total. The Balaban J connectivity index is 1.83. The quantitative estimate of drug-likeness (QED) is 0.799. The van der Waals surface area contributed by atoms with Gasteiger partial charge in [-0.3, -0.25) is 0 Å². The largest absolute Gasteiger partial charge is 0.223 e. The van der Waals surface area contributed by atoms with Crippen LogP contribution in [0.15, 0.2) is 44.8 Å². The zero-order chi connectivity index (χ0) is 15.0. The Labute approximate surface area is 134 Å². The number of benzene rings is 1. The van der Waals surface area contributed by atoms with Gasteiger partial charge in [0.1, 0.15) is 4.21 Å². The second-order valence-corrected chi connectivity index (χ2v) is 10.1. The van der Waals surface area contributed by atoms with Gasteiger partial charge < -0.3 is 0 Å². The van der Waals surface area contributed by atoms with E-state index in [2.05, 4.69) is 38.1 Å². The molecule has 0 fully saturated rings. The lowest BCUT2D eigenvalue weighted by molar-refractivity contribution is 0.588. The van der Waals surface area contributed by atoms with Crippen LogP contribution in [0.5, 0.6) is 0 Å². The van der Waals surface area contributed by atoms with E-state index in [0.717, 1.165) is 5.56 Å². The van der Waals surface area contributed by atoms with Crippen LogP contribution in [0.3, 0.4) is 0 Å². The first kappa shape index (κ1) is 15.1. The average molecular weight is 339 g/mol. The van der Waals surface area contributed by atoms with E-state index in [-0.39, 0.29) is 11.0 Å². The molecule has 1 aliphatic rings. The topological polar surface area (TPSA) is 34.1 Å². The van der Waals surface area contributed by atoms with Gasteiger partial charge in [-0.1, -0.05) is 26.0 Å². The van der Waals surface area contributed by atoms with E-state index in [1.807, 2.05) is 11.4 Å². The van der Waals surface area contributed by atoms with Gasteiger partial charge in [0.15, 0.2) is 9.84 Å². The fourth-order valence-electron chi connectivity index (χ4n) is 2.53. The minimum absolute atomic E-state index is 0.250. The number of hydrogen-bond donors (Lipinski definition) is 0. The standard InChI is InChI=1S/C16H18O2S3/c1-11(2)12-3-5-13(6-4-12)20-15-8-10-21(17,18)16-14(15)7-9-19-16/h3-7,9,11,15H,8,10H2,1-2H3/t15-/m0/s1. The zero-order valence-electron chi connectivity index (χ0n) is 12.1. The third-order valence-corrected chi connectivity index (χ3v) is 8.43. The highest BCUT2D eigenvalue weighted by Gasteiger charge is 2.32. The summed E-state index contributed by atoms with van der Waals surface area (Å²) in [6.45, 7) is 4.37. The molecule has 21 heavy (non-hydrogen) atoms. The van der Waals surface area contributed by atoms with Crippen molar-refractivity contribution in [2.45, 2.75) is 40.5 Å². The van der Waals surface area contributed by atoms with Gasteiger partial charge in [-0.15, -0.1) is 23.1 Å². The monoisotopic (exact) mass is 338 g/mol. The maximum Gasteiger partial charge on any atom is 0.188 e. The highest BCUT2D eigenvalue weighted by atomic mass is 32.2.